The van der Waals surface area contributed by atoms with Gasteiger partial charge in [0.25, 0.3) is 0 Å². The van der Waals surface area contributed by atoms with Crippen LogP contribution in [-0.4, -0.2) is 20.3 Å². The van der Waals surface area contributed by atoms with Crippen LogP contribution in [0.1, 0.15) is 44.1 Å². The van der Waals surface area contributed by atoms with E-state index >= 15 is 0 Å². The van der Waals surface area contributed by atoms with Gasteiger partial charge in [0, 0.05) is 12.0 Å². The summed E-state index contributed by atoms with van der Waals surface area (Å²) in [5.41, 5.74) is 7.50. The molecule has 1 aromatic carbocycles. The molecule has 2 aliphatic rings. The number of halogens is 1. The average molecular weight is 354 g/mol. The van der Waals surface area contributed by atoms with Crippen molar-refractivity contribution in [2.24, 2.45) is 11.7 Å². The lowest BCUT2D eigenvalue weighted by Gasteiger charge is -2.29. The largest absolute Gasteiger partial charge is 0.493 e. The lowest BCUT2D eigenvalue weighted by atomic mass is 9.79. The van der Waals surface area contributed by atoms with Gasteiger partial charge < -0.3 is 15.2 Å². The number of rotatable bonds is 6. The summed E-state index contributed by atoms with van der Waals surface area (Å²) in [6, 6.07) is 4.31. The van der Waals surface area contributed by atoms with E-state index in [4.69, 9.17) is 15.2 Å². The van der Waals surface area contributed by atoms with Crippen molar-refractivity contribution < 1.29 is 9.47 Å². The van der Waals surface area contributed by atoms with Crippen LogP contribution in [0.3, 0.4) is 0 Å². The minimum Gasteiger partial charge on any atom is -0.493 e. The zero-order chi connectivity index (χ0) is 14.9. The second-order valence-electron chi connectivity index (χ2n) is 6.44. The van der Waals surface area contributed by atoms with Crippen molar-refractivity contribution in [1.82, 2.24) is 0 Å². The van der Waals surface area contributed by atoms with E-state index in [1.807, 2.05) is 0 Å². The minimum absolute atomic E-state index is 0.116. The highest BCUT2D eigenvalue weighted by Crippen LogP contribution is 2.46. The van der Waals surface area contributed by atoms with Crippen molar-refractivity contribution in [1.29, 1.82) is 0 Å². The number of hydrogen-bond donors (Lipinski definition) is 1. The molecular weight excluding hydrogens is 330 g/mol. The highest BCUT2D eigenvalue weighted by Gasteiger charge is 2.35. The van der Waals surface area contributed by atoms with Crippen LogP contribution in [0.15, 0.2) is 16.6 Å². The van der Waals surface area contributed by atoms with E-state index < -0.39 is 0 Å². The van der Waals surface area contributed by atoms with Crippen LogP contribution in [0.2, 0.25) is 0 Å². The highest BCUT2D eigenvalue weighted by molar-refractivity contribution is 9.10. The van der Waals surface area contributed by atoms with E-state index in [0.717, 1.165) is 28.5 Å². The molecule has 3 rings (SSSR count). The molecule has 0 radical (unpaired) electrons. The van der Waals surface area contributed by atoms with Crippen molar-refractivity contribution in [2.75, 3.05) is 20.3 Å². The summed E-state index contributed by atoms with van der Waals surface area (Å²) < 4.78 is 12.5. The molecule has 1 aromatic rings. The Kier molecular flexibility index (Phi) is 4.46. The van der Waals surface area contributed by atoms with E-state index in [9.17, 15) is 0 Å². The second-order valence-corrected chi connectivity index (χ2v) is 7.29. The first-order chi connectivity index (χ1) is 10.2. The lowest BCUT2D eigenvalue weighted by molar-refractivity contribution is 0.278. The normalized spacial score (nSPS) is 20.5. The SMILES string of the molecule is COc1cc(C2(CN)CCCC2)cc(Br)c1OCC1CC1. The Hall–Kier alpha value is -0.740. The first-order valence-electron chi connectivity index (χ1n) is 7.89. The van der Waals surface area contributed by atoms with Gasteiger partial charge in [0.1, 0.15) is 0 Å². The zero-order valence-corrected chi connectivity index (χ0v) is 14.2. The number of benzene rings is 1. The molecule has 0 heterocycles. The lowest BCUT2D eigenvalue weighted by Crippen LogP contribution is -2.32. The molecule has 2 saturated carbocycles. The van der Waals surface area contributed by atoms with Gasteiger partial charge in [-0.1, -0.05) is 12.8 Å². The Labute approximate surface area is 135 Å². The number of methoxy groups -OCH3 is 1. The predicted octanol–water partition coefficient (Wildman–Crippen LogP) is 4.02. The average Bonchev–Trinajstić information content (AvgIpc) is 3.20. The number of ether oxygens (including phenoxy) is 2. The van der Waals surface area contributed by atoms with Gasteiger partial charge in [-0.25, -0.2) is 0 Å². The molecule has 116 valence electrons. The van der Waals surface area contributed by atoms with Gasteiger partial charge in [-0.3, -0.25) is 0 Å². The van der Waals surface area contributed by atoms with Gasteiger partial charge >= 0.3 is 0 Å². The molecule has 2 N–H and O–H groups in total. The first-order valence-corrected chi connectivity index (χ1v) is 8.69. The maximum absolute atomic E-state index is 6.10. The number of hydrogen-bond acceptors (Lipinski definition) is 3. The van der Waals surface area contributed by atoms with Gasteiger partial charge in [0.05, 0.1) is 18.2 Å². The molecular formula is C17H24BrNO2. The number of nitrogens with two attached hydrogens (primary N) is 1. The van der Waals surface area contributed by atoms with E-state index in [1.54, 1.807) is 7.11 Å². The van der Waals surface area contributed by atoms with Crippen molar-refractivity contribution in [3.05, 3.63) is 22.2 Å². The molecule has 2 aliphatic carbocycles. The highest BCUT2D eigenvalue weighted by atomic mass is 79.9. The standard InChI is InChI=1S/C17H24BrNO2/c1-20-15-9-13(17(11-19)6-2-3-7-17)8-14(18)16(15)21-10-12-4-5-12/h8-9,12H,2-7,10-11,19H2,1H3. The quantitative estimate of drug-likeness (QED) is 0.839. The summed E-state index contributed by atoms with van der Waals surface area (Å²) in [4.78, 5) is 0. The Balaban J connectivity index is 1.90. The summed E-state index contributed by atoms with van der Waals surface area (Å²) in [7, 11) is 1.71. The van der Waals surface area contributed by atoms with E-state index in [2.05, 4.69) is 28.1 Å². The molecule has 3 nitrogen and oxygen atoms in total. The van der Waals surface area contributed by atoms with Crippen LogP contribution in [0.5, 0.6) is 11.5 Å². The van der Waals surface area contributed by atoms with Crippen LogP contribution in [0, 0.1) is 5.92 Å². The fourth-order valence-electron chi connectivity index (χ4n) is 3.31. The van der Waals surface area contributed by atoms with Crippen molar-refractivity contribution in [3.8, 4) is 11.5 Å². The molecule has 0 aliphatic heterocycles. The summed E-state index contributed by atoms with van der Waals surface area (Å²) in [6.45, 7) is 1.49. The zero-order valence-electron chi connectivity index (χ0n) is 12.7. The van der Waals surface area contributed by atoms with Crippen LogP contribution >= 0.6 is 15.9 Å². The van der Waals surface area contributed by atoms with E-state index in [1.165, 1.54) is 44.1 Å². The second kappa shape index (κ2) is 6.17. The van der Waals surface area contributed by atoms with Crippen molar-refractivity contribution in [2.45, 2.75) is 43.9 Å². The van der Waals surface area contributed by atoms with Crippen molar-refractivity contribution in [3.63, 3.8) is 0 Å². The maximum Gasteiger partial charge on any atom is 0.175 e. The van der Waals surface area contributed by atoms with Crippen LogP contribution in [0.4, 0.5) is 0 Å². The van der Waals surface area contributed by atoms with Crippen LogP contribution < -0.4 is 15.2 Å². The Morgan fingerprint density at radius 1 is 1.29 bits per heavy atom. The summed E-state index contributed by atoms with van der Waals surface area (Å²) in [5.74, 6) is 2.38. The molecule has 0 unspecified atom stereocenters. The molecule has 0 amide bonds. The topological polar surface area (TPSA) is 44.5 Å². The Bertz CT molecular complexity index is 508. The molecule has 2 fully saturated rings. The van der Waals surface area contributed by atoms with E-state index in [-0.39, 0.29) is 5.41 Å². The fraction of sp³-hybridized carbons (Fsp3) is 0.647. The molecule has 0 bridgehead atoms. The van der Waals surface area contributed by atoms with Gasteiger partial charge in [0.2, 0.25) is 0 Å². The first kappa shape index (κ1) is 15.2. The molecule has 0 saturated heterocycles. The molecule has 4 heteroatoms. The van der Waals surface area contributed by atoms with Gasteiger partial charge in [-0.2, -0.15) is 0 Å². The van der Waals surface area contributed by atoms with Crippen LogP contribution in [-0.2, 0) is 5.41 Å². The van der Waals surface area contributed by atoms with Gasteiger partial charge in [0.15, 0.2) is 11.5 Å². The molecule has 0 atom stereocenters. The van der Waals surface area contributed by atoms with Gasteiger partial charge in [-0.05, 0) is 65.2 Å². The molecule has 21 heavy (non-hydrogen) atoms. The molecule has 0 spiro atoms. The summed E-state index contributed by atoms with van der Waals surface area (Å²) >= 11 is 3.66. The van der Waals surface area contributed by atoms with Gasteiger partial charge in [-0.15, -0.1) is 0 Å². The van der Waals surface area contributed by atoms with Crippen LogP contribution in [0.25, 0.3) is 0 Å². The third-order valence-electron chi connectivity index (χ3n) is 4.95. The monoisotopic (exact) mass is 353 g/mol. The predicted molar refractivity (Wildman–Crippen MR) is 88.1 cm³/mol. The molecule has 0 aromatic heterocycles. The Morgan fingerprint density at radius 3 is 2.57 bits per heavy atom. The summed E-state index contributed by atoms with van der Waals surface area (Å²) in [6.07, 6.45) is 7.43. The fourth-order valence-corrected chi connectivity index (χ4v) is 3.87. The van der Waals surface area contributed by atoms with Crippen molar-refractivity contribution >= 4 is 15.9 Å². The maximum atomic E-state index is 6.10. The van der Waals surface area contributed by atoms with E-state index in [0.29, 0.717) is 6.54 Å². The minimum atomic E-state index is 0.116. The smallest absolute Gasteiger partial charge is 0.175 e. The third kappa shape index (κ3) is 3.07. The Morgan fingerprint density at radius 2 is 2.00 bits per heavy atom. The summed E-state index contributed by atoms with van der Waals surface area (Å²) in [5, 5.41) is 0. The third-order valence-corrected chi connectivity index (χ3v) is 5.54.